The van der Waals surface area contributed by atoms with Gasteiger partial charge in [-0.05, 0) is 16.4 Å². The van der Waals surface area contributed by atoms with Gasteiger partial charge >= 0.3 is 0 Å². The average molecular weight is 759 g/mol. The third-order valence-corrected chi connectivity index (χ3v) is 11.5. The molecule has 0 aliphatic carbocycles. The molecular formula is C18BCl15. The van der Waals surface area contributed by atoms with Crippen molar-refractivity contribution >= 4 is 197 Å². The molecule has 16 heteroatoms. The van der Waals surface area contributed by atoms with E-state index in [1.165, 1.54) is 0 Å². The Bertz CT molecular complexity index is 1110. The molecule has 0 N–H and O–H groups in total. The summed E-state index contributed by atoms with van der Waals surface area (Å²) >= 11 is 96.0. The third kappa shape index (κ3) is 5.03. The molecule has 0 aliphatic heterocycles. The maximum Gasteiger partial charge on any atom is 0.253 e. The van der Waals surface area contributed by atoms with Crippen LogP contribution in [0.2, 0.25) is 75.3 Å². The number of benzene rings is 3. The molecule has 180 valence electrons. The summed E-state index contributed by atoms with van der Waals surface area (Å²) in [4.78, 5) is 0. The molecule has 0 spiro atoms. The minimum Gasteiger partial charge on any atom is -0.0832 e. The Labute approximate surface area is 269 Å². The van der Waals surface area contributed by atoms with Crippen LogP contribution in [0, 0.1) is 0 Å². The van der Waals surface area contributed by atoms with Crippen LogP contribution >= 0.6 is 174 Å². The van der Waals surface area contributed by atoms with Gasteiger partial charge in [-0.2, -0.15) is 0 Å². The van der Waals surface area contributed by atoms with Crippen molar-refractivity contribution in [2.24, 2.45) is 0 Å². The Balaban J connectivity index is 2.68. The zero-order valence-electron chi connectivity index (χ0n) is 15.2. The Hall–Kier alpha value is 2.07. The topological polar surface area (TPSA) is 0 Å². The Morgan fingerprint density at radius 2 is 0.324 bits per heavy atom. The first-order chi connectivity index (χ1) is 15.7. The van der Waals surface area contributed by atoms with Crippen LogP contribution in [0.15, 0.2) is 0 Å². The van der Waals surface area contributed by atoms with Gasteiger partial charge < -0.3 is 0 Å². The maximum atomic E-state index is 6.59. The van der Waals surface area contributed by atoms with Crippen molar-refractivity contribution in [3.63, 3.8) is 0 Å². The smallest absolute Gasteiger partial charge is 0.0832 e. The molecule has 3 aromatic carbocycles. The molecular weight excluding hydrogens is 759 g/mol. The van der Waals surface area contributed by atoms with Gasteiger partial charge in [0.1, 0.15) is 0 Å². The summed E-state index contributed by atoms with van der Waals surface area (Å²) in [6.45, 7) is -1.24. The number of hydrogen-bond acceptors (Lipinski definition) is 0. The van der Waals surface area contributed by atoms with Gasteiger partial charge in [-0.1, -0.05) is 174 Å². The van der Waals surface area contributed by atoms with Gasteiger partial charge in [-0.25, -0.2) is 0 Å². The molecule has 0 bridgehead atoms. The van der Waals surface area contributed by atoms with Crippen LogP contribution in [0.4, 0.5) is 0 Å². The molecule has 0 amide bonds. The normalized spacial score (nSPS) is 11.4. The molecule has 0 nitrogen and oxygen atoms in total. The predicted molar refractivity (Wildman–Crippen MR) is 159 cm³/mol. The molecule has 0 atom stereocenters. The largest absolute Gasteiger partial charge is 0.253 e. The molecule has 0 saturated heterocycles. The summed E-state index contributed by atoms with van der Waals surface area (Å²) in [7, 11) is 0. The lowest BCUT2D eigenvalue weighted by atomic mass is 9.36. The molecule has 0 fully saturated rings. The van der Waals surface area contributed by atoms with Gasteiger partial charge in [0, 0.05) is 0 Å². The van der Waals surface area contributed by atoms with Gasteiger partial charge in [-0.15, -0.1) is 0 Å². The highest BCUT2D eigenvalue weighted by Crippen LogP contribution is 2.44. The number of hydrogen-bond donors (Lipinski definition) is 0. The van der Waals surface area contributed by atoms with Crippen LogP contribution in [0.25, 0.3) is 0 Å². The monoisotopic (exact) mass is 752 g/mol. The summed E-state index contributed by atoms with van der Waals surface area (Å²) in [6.07, 6.45) is 0. The fraction of sp³-hybridized carbons (Fsp3) is 0. The van der Waals surface area contributed by atoms with Gasteiger partial charge in [0.15, 0.2) is 0 Å². The highest BCUT2D eigenvalue weighted by Gasteiger charge is 2.39. The minimum absolute atomic E-state index is 0.0410. The molecule has 0 aliphatic rings. The van der Waals surface area contributed by atoms with E-state index in [9.17, 15) is 0 Å². The summed E-state index contributed by atoms with van der Waals surface area (Å²) in [5.41, 5.74) is 0.123. The fourth-order valence-corrected chi connectivity index (χ4v) is 7.17. The van der Waals surface area contributed by atoms with Crippen molar-refractivity contribution < 1.29 is 0 Å². The van der Waals surface area contributed by atoms with Crippen LogP contribution in [-0.2, 0) is 0 Å². The zero-order valence-corrected chi connectivity index (χ0v) is 26.6. The van der Waals surface area contributed by atoms with Crippen molar-refractivity contribution in [2.45, 2.75) is 0 Å². The van der Waals surface area contributed by atoms with Crippen LogP contribution in [-0.4, -0.2) is 6.71 Å². The molecule has 0 saturated carbocycles. The average Bonchev–Trinajstić information content (AvgIpc) is 2.81. The third-order valence-electron chi connectivity index (χ3n) is 4.60. The van der Waals surface area contributed by atoms with E-state index in [1.54, 1.807) is 0 Å². The minimum atomic E-state index is -1.24. The van der Waals surface area contributed by atoms with Crippen LogP contribution < -0.4 is 16.4 Å². The quantitative estimate of drug-likeness (QED) is 0.142. The zero-order chi connectivity index (χ0) is 26.0. The summed E-state index contributed by atoms with van der Waals surface area (Å²) in [5, 5.41) is -1.87. The fourth-order valence-electron chi connectivity index (χ4n) is 3.06. The van der Waals surface area contributed by atoms with Crippen molar-refractivity contribution in [1.29, 1.82) is 0 Å². The lowest BCUT2D eigenvalue weighted by Crippen LogP contribution is -2.55. The lowest BCUT2D eigenvalue weighted by molar-refractivity contribution is 1.69. The molecule has 34 heavy (non-hydrogen) atoms. The van der Waals surface area contributed by atoms with E-state index in [1.807, 2.05) is 0 Å². The molecule has 3 aromatic rings. The van der Waals surface area contributed by atoms with E-state index in [0.29, 0.717) is 0 Å². The van der Waals surface area contributed by atoms with E-state index in [0.717, 1.165) is 0 Å². The highest BCUT2D eigenvalue weighted by molar-refractivity contribution is 7.02. The first kappa shape index (κ1) is 30.6. The summed E-state index contributed by atoms with van der Waals surface area (Å²) in [6, 6.07) is 0. The van der Waals surface area contributed by atoms with Crippen LogP contribution in [0.5, 0.6) is 0 Å². The Morgan fingerprint density at radius 1 is 0.206 bits per heavy atom. The second-order valence-electron chi connectivity index (χ2n) is 6.38. The van der Waals surface area contributed by atoms with Crippen molar-refractivity contribution in [3.8, 4) is 0 Å². The van der Waals surface area contributed by atoms with Gasteiger partial charge in [0.2, 0.25) is 0 Å². The van der Waals surface area contributed by atoms with E-state index >= 15 is 0 Å². The van der Waals surface area contributed by atoms with E-state index < -0.39 is 6.71 Å². The van der Waals surface area contributed by atoms with Crippen LogP contribution in [0.3, 0.4) is 0 Å². The number of rotatable bonds is 3. The first-order valence-corrected chi connectivity index (χ1v) is 13.9. The van der Waals surface area contributed by atoms with E-state index in [-0.39, 0.29) is 91.7 Å². The molecule has 0 unspecified atom stereocenters. The standard InChI is InChI=1S/C18BCl15/c20-4-1(5(21)11(27)16(32)10(4)26)19(2-6(22)12(28)17(33)13(29)7(2)23)3-8(24)14(30)18(34)15(31)9(3)25. The maximum absolute atomic E-state index is 6.59. The second-order valence-corrected chi connectivity index (χ2v) is 12.1. The molecule has 0 radical (unpaired) electrons. The first-order valence-electron chi connectivity index (χ1n) is 8.20. The van der Waals surface area contributed by atoms with Gasteiger partial charge in [0.25, 0.3) is 6.71 Å². The van der Waals surface area contributed by atoms with Crippen molar-refractivity contribution in [3.05, 3.63) is 75.3 Å². The van der Waals surface area contributed by atoms with E-state index in [2.05, 4.69) is 0 Å². The van der Waals surface area contributed by atoms with Crippen molar-refractivity contribution in [2.75, 3.05) is 0 Å². The second kappa shape index (κ2) is 11.7. The molecule has 3 rings (SSSR count). The van der Waals surface area contributed by atoms with E-state index in [4.69, 9.17) is 174 Å². The summed E-state index contributed by atoms with van der Waals surface area (Å²) < 4.78 is 0. The molecule has 0 aromatic heterocycles. The Kier molecular flexibility index (Phi) is 10.5. The van der Waals surface area contributed by atoms with Gasteiger partial charge in [0.05, 0.1) is 75.3 Å². The summed E-state index contributed by atoms with van der Waals surface area (Å²) in [5.74, 6) is 0. The highest BCUT2D eigenvalue weighted by atomic mass is 35.5. The predicted octanol–water partition coefficient (Wildman–Crippen LogP) is 12.0. The molecule has 0 heterocycles. The van der Waals surface area contributed by atoms with Crippen LogP contribution in [0.1, 0.15) is 0 Å². The van der Waals surface area contributed by atoms with Crippen molar-refractivity contribution in [1.82, 2.24) is 0 Å². The Morgan fingerprint density at radius 3 is 0.471 bits per heavy atom. The van der Waals surface area contributed by atoms with Gasteiger partial charge in [-0.3, -0.25) is 0 Å². The lowest BCUT2D eigenvalue weighted by Gasteiger charge is -2.26. The number of halogens is 15. The SMILES string of the molecule is Clc1c(Cl)c(Cl)c(B(c2c(Cl)c(Cl)c(Cl)c(Cl)c2Cl)c2c(Cl)c(Cl)c(Cl)c(Cl)c2Cl)c(Cl)c1Cl.